The van der Waals surface area contributed by atoms with Gasteiger partial charge < -0.3 is 10.6 Å². The maximum atomic E-state index is 5.10. The summed E-state index contributed by atoms with van der Waals surface area (Å²) in [5.41, 5.74) is 5.09. The molecule has 0 saturated carbocycles. The smallest absolute Gasteiger partial charge is 0.0911 e. The molecule has 0 aromatic carbocycles. The van der Waals surface area contributed by atoms with Gasteiger partial charge in [-0.3, -0.25) is 9.78 Å². The zero-order chi connectivity index (χ0) is 19.4. The first-order chi connectivity index (χ1) is 12.7. The van der Waals surface area contributed by atoms with Gasteiger partial charge in [-0.25, -0.2) is 0 Å². The SMILES string of the molecule is CCC1(C(C)C)CNc2cn(C3CNc4c[nH]nc4C3C(C)(C)C)nc2C1. The third-order valence-electron chi connectivity index (χ3n) is 7.01. The Morgan fingerprint density at radius 2 is 2.04 bits per heavy atom. The van der Waals surface area contributed by atoms with Gasteiger partial charge in [0, 0.05) is 37.8 Å². The highest BCUT2D eigenvalue weighted by molar-refractivity contribution is 5.53. The van der Waals surface area contributed by atoms with Crippen LogP contribution in [0.1, 0.15) is 71.3 Å². The summed E-state index contributed by atoms with van der Waals surface area (Å²) >= 11 is 0. The lowest BCUT2D eigenvalue weighted by molar-refractivity contribution is 0.186. The number of hydrogen-bond acceptors (Lipinski definition) is 4. The Bertz CT molecular complexity index is 811. The maximum absolute atomic E-state index is 5.10. The molecular formula is C21H34N6. The topological polar surface area (TPSA) is 70.6 Å². The molecule has 6 heteroatoms. The van der Waals surface area contributed by atoms with E-state index in [2.05, 4.69) is 73.3 Å². The lowest BCUT2D eigenvalue weighted by atomic mass is 9.70. The van der Waals surface area contributed by atoms with Gasteiger partial charge in [-0.15, -0.1) is 0 Å². The standard InChI is InChI=1S/C21H34N6/c1-7-21(13(2)3)8-14-16(23-12-21)11-27(26-14)17-10-22-15-9-24-25-19(15)18(17)20(4,5)6/h9,11,13,17-18,22-23H,7-8,10,12H2,1-6H3,(H,24,25). The number of nitrogens with one attached hydrogen (secondary N) is 3. The number of anilines is 2. The third-order valence-corrected chi connectivity index (χ3v) is 7.01. The fourth-order valence-electron chi connectivity index (χ4n) is 5.04. The monoisotopic (exact) mass is 370 g/mol. The van der Waals surface area contributed by atoms with Crippen molar-refractivity contribution in [3.8, 4) is 0 Å². The van der Waals surface area contributed by atoms with Crippen LogP contribution in [0.15, 0.2) is 12.4 Å². The number of H-pyrrole nitrogens is 1. The summed E-state index contributed by atoms with van der Waals surface area (Å²) in [7, 11) is 0. The van der Waals surface area contributed by atoms with Crippen LogP contribution in [0.5, 0.6) is 0 Å². The second kappa shape index (κ2) is 6.28. The Kier molecular flexibility index (Phi) is 4.28. The highest BCUT2D eigenvalue weighted by Crippen LogP contribution is 2.48. The molecule has 27 heavy (non-hydrogen) atoms. The predicted molar refractivity (Wildman–Crippen MR) is 110 cm³/mol. The summed E-state index contributed by atoms with van der Waals surface area (Å²) in [5.74, 6) is 0.945. The molecule has 0 aliphatic carbocycles. The van der Waals surface area contributed by atoms with Crippen molar-refractivity contribution in [2.75, 3.05) is 23.7 Å². The Hall–Kier alpha value is -1.98. The van der Waals surface area contributed by atoms with E-state index in [1.807, 2.05) is 6.20 Å². The Morgan fingerprint density at radius 1 is 1.26 bits per heavy atom. The van der Waals surface area contributed by atoms with Crippen LogP contribution in [-0.2, 0) is 6.42 Å². The summed E-state index contributed by atoms with van der Waals surface area (Å²) in [4.78, 5) is 0. The van der Waals surface area contributed by atoms with Crippen molar-refractivity contribution in [3.63, 3.8) is 0 Å². The van der Waals surface area contributed by atoms with Gasteiger partial charge in [-0.1, -0.05) is 41.5 Å². The molecule has 6 nitrogen and oxygen atoms in total. The first kappa shape index (κ1) is 18.4. The van der Waals surface area contributed by atoms with E-state index in [-0.39, 0.29) is 11.5 Å². The minimum absolute atomic E-state index is 0.0989. The zero-order valence-corrected chi connectivity index (χ0v) is 17.6. The van der Waals surface area contributed by atoms with Gasteiger partial charge in [0.15, 0.2) is 0 Å². The summed E-state index contributed by atoms with van der Waals surface area (Å²) < 4.78 is 2.20. The molecule has 0 radical (unpaired) electrons. The number of fused-ring (bicyclic) bond motifs is 2. The van der Waals surface area contributed by atoms with Crippen molar-refractivity contribution in [2.24, 2.45) is 16.7 Å². The van der Waals surface area contributed by atoms with E-state index in [0.717, 1.165) is 30.9 Å². The van der Waals surface area contributed by atoms with E-state index in [1.54, 1.807) is 0 Å². The number of aromatic amines is 1. The molecule has 4 rings (SSSR count). The van der Waals surface area contributed by atoms with Crippen LogP contribution in [0.3, 0.4) is 0 Å². The lowest BCUT2D eigenvalue weighted by Gasteiger charge is -2.40. The van der Waals surface area contributed by atoms with Gasteiger partial charge in [0.05, 0.1) is 28.8 Å². The van der Waals surface area contributed by atoms with E-state index < -0.39 is 0 Å². The fourth-order valence-corrected chi connectivity index (χ4v) is 5.04. The maximum Gasteiger partial charge on any atom is 0.0911 e. The Labute approximate surface area is 162 Å². The number of aromatic nitrogens is 4. The Balaban J connectivity index is 1.69. The minimum atomic E-state index is 0.0989. The molecule has 0 saturated heterocycles. The molecule has 0 spiro atoms. The third kappa shape index (κ3) is 2.93. The first-order valence-corrected chi connectivity index (χ1v) is 10.3. The molecule has 3 N–H and O–H groups in total. The van der Waals surface area contributed by atoms with E-state index in [1.165, 1.54) is 17.8 Å². The number of nitrogens with zero attached hydrogens (tertiary/aromatic N) is 3. The molecule has 0 amide bonds. The minimum Gasteiger partial charge on any atom is -0.382 e. The van der Waals surface area contributed by atoms with E-state index >= 15 is 0 Å². The van der Waals surface area contributed by atoms with Crippen LogP contribution in [0.25, 0.3) is 0 Å². The van der Waals surface area contributed by atoms with E-state index in [4.69, 9.17) is 5.10 Å². The quantitative estimate of drug-likeness (QED) is 0.748. The molecule has 148 valence electrons. The predicted octanol–water partition coefficient (Wildman–Crippen LogP) is 4.42. The molecule has 3 unspecified atom stereocenters. The number of rotatable bonds is 3. The molecule has 3 atom stereocenters. The van der Waals surface area contributed by atoms with Gasteiger partial charge >= 0.3 is 0 Å². The average Bonchev–Trinajstić information content (AvgIpc) is 3.24. The van der Waals surface area contributed by atoms with Crippen LogP contribution >= 0.6 is 0 Å². The van der Waals surface area contributed by atoms with Crippen LogP contribution in [0.2, 0.25) is 0 Å². The van der Waals surface area contributed by atoms with Gasteiger partial charge in [-0.2, -0.15) is 10.2 Å². The van der Waals surface area contributed by atoms with Gasteiger partial charge in [-0.05, 0) is 23.2 Å². The molecule has 4 heterocycles. The van der Waals surface area contributed by atoms with Crippen molar-refractivity contribution < 1.29 is 0 Å². The lowest BCUT2D eigenvalue weighted by Crippen LogP contribution is -2.40. The molecular weight excluding hydrogens is 336 g/mol. The van der Waals surface area contributed by atoms with Crippen LogP contribution in [0, 0.1) is 16.7 Å². The molecule has 0 bridgehead atoms. The highest BCUT2D eigenvalue weighted by Gasteiger charge is 2.42. The largest absolute Gasteiger partial charge is 0.382 e. The van der Waals surface area contributed by atoms with Crippen molar-refractivity contribution >= 4 is 11.4 Å². The van der Waals surface area contributed by atoms with Gasteiger partial charge in [0.25, 0.3) is 0 Å². The van der Waals surface area contributed by atoms with E-state index in [0.29, 0.717) is 17.3 Å². The molecule has 2 aromatic heterocycles. The molecule has 2 aliphatic heterocycles. The summed E-state index contributed by atoms with van der Waals surface area (Å²) in [5, 5.41) is 19.9. The Morgan fingerprint density at radius 3 is 2.70 bits per heavy atom. The summed E-state index contributed by atoms with van der Waals surface area (Å²) in [6, 6.07) is 0.253. The second-order valence-electron chi connectivity index (χ2n) is 9.85. The van der Waals surface area contributed by atoms with Crippen molar-refractivity contribution in [3.05, 3.63) is 23.8 Å². The van der Waals surface area contributed by atoms with Crippen molar-refractivity contribution in [2.45, 2.75) is 66.3 Å². The average molecular weight is 371 g/mol. The highest BCUT2D eigenvalue weighted by atomic mass is 15.3. The van der Waals surface area contributed by atoms with E-state index in [9.17, 15) is 0 Å². The summed E-state index contributed by atoms with van der Waals surface area (Å²) in [6.45, 7) is 15.8. The first-order valence-electron chi connectivity index (χ1n) is 10.3. The summed E-state index contributed by atoms with van der Waals surface area (Å²) in [6.07, 6.45) is 6.43. The normalized spacial score (nSPS) is 27.7. The molecule has 2 aliphatic rings. The molecule has 2 aromatic rings. The zero-order valence-electron chi connectivity index (χ0n) is 17.6. The van der Waals surface area contributed by atoms with Crippen LogP contribution < -0.4 is 10.6 Å². The second-order valence-corrected chi connectivity index (χ2v) is 9.85. The number of hydrogen-bond donors (Lipinski definition) is 3. The fraction of sp³-hybridized carbons (Fsp3) is 0.714. The van der Waals surface area contributed by atoms with Gasteiger partial charge in [0.1, 0.15) is 0 Å². The van der Waals surface area contributed by atoms with Crippen LogP contribution in [-0.4, -0.2) is 33.1 Å². The van der Waals surface area contributed by atoms with Crippen LogP contribution in [0.4, 0.5) is 11.4 Å². The van der Waals surface area contributed by atoms with Crippen molar-refractivity contribution in [1.82, 2.24) is 20.0 Å². The van der Waals surface area contributed by atoms with Gasteiger partial charge in [0.2, 0.25) is 0 Å². The molecule has 0 fully saturated rings. The van der Waals surface area contributed by atoms with Crippen molar-refractivity contribution in [1.29, 1.82) is 0 Å².